The van der Waals surface area contributed by atoms with Crippen molar-refractivity contribution in [2.45, 2.75) is 24.7 Å². The third kappa shape index (κ3) is 3.02. The van der Waals surface area contributed by atoms with Gasteiger partial charge in [-0.15, -0.1) is 0 Å². The van der Waals surface area contributed by atoms with E-state index < -0.39 is 10.0 Å². The van der Waals surface area contributed by atoms with Crippen molar-refractivity contribution in [2.24, 2.45) is 0 Å². The Morgan fingerprint density at radius 1 is 1.41 bits per heavy atom. The van der Waals surface area contributed by atoms with Crippen molar-refractivity contribution < 1.29 is 17.6 Å². The summed E-state index contributed by atoms with van der Waals surface area (Å²) in [7, 11) is -3.62. The second-order valence-corrected chi connectivity index (χ2v) is 6.82. The van der Waals surface area contributed by atoms with Crippen molar-refractivity contribution in [3.8, 4) is 0 Å². The third-order valence-electron chi connectivity index (χ3n) is 3.31. The predicted octanol–water partition coefficient (Wildman–Crippen LogP) is 0.999. The van der Waals surface area contributed by atoms with Crippen molar-refractivity contribution in [2.75, 3.05) is 11.9 Å². The zero-order valence-electron chi connectivity index (χ0n) is 11.9. The summed E-state index contributed by atoms with van der Waals surface area (Å²) in [6.07, 6.45) is 2.17. The number of sulfonamides is 1. The van der Waals surface area contributed by atoms with Crippen LogP contribution in [0.1, 0.15) is 17.2 Å². The lowest BCUT2D eigenvalue weighted by Crippen LogP contribution is -2.26. The molecule has 3 rings (SSSR count). The van der Waals surface area contributed by atoms with Crippen LogP contribution in [0.15, 0.2) is 33.7 Å². The van der Waals surface area contributed by atoms with Crippen molar-refractivity contribution in [3.05, 3.63) is 41.6 Å². The minimum absolute atomic E-state index is 0.128. The van der Waals surface area contributed by atoms with Gasteiger partial charge in [0.15, 0.2) is 5.89 Å². The molecule has 0 fully saturated rings. The maximum Gasteiger partial charge on any atom is 0.240 e. The van der Waals surface area contributed by atoms with Crippen LogP contribution in [0, 0.1) is 6.92 Å². The Morgan fingerprint density at radius 3 is 2.95 bits per heavy atom. The highest BCUT2D eigenvalue weighted by Gasteiger charge is 2.21. The second-order valence-electron chi connectivity index (χ2n) is 5.06. The molecule has 0 atom stereocenters. The standard InChI is InChI=1S/C14H15N3O4S/c1-9-8-15-14(21-9)4-5-16-22(19,20)11-2-3-12-10(6-11)7-13(18)17-12/h2-3,6,8,16H,4-5,7H2,1H3,(H,17,18). The first-order valence-corrected chi connectivity index (χ1v) is 8.26. The Morgan fingerprint density at radius 2 is 2.23 bits per heavy atom. The van der Waals surface area contributed by atoms with Gasteiger partial charge in [0.05, 0.1) is 17.5 Å². The van der Waals surface area contributed by atoms with E-state index in [0.717, 1.165) is 0 Å². The number of hydrogen-bond acceptors (Lipinski definition) is 5. The predicted molar refractivity (Wildman–Crippen MR) is 78.9 cm³/mol. The monoisotopic (exact) mass is 321 g/mol. The lowest BCUT2D eigenvalue weighted by molar-refractivity contribution is -0.115. The average Bonchev–Trinajstić information content (AvgIpc) is 3.02. The second kappa shape index (κ2) is 5.54. The number of fused-ring (bicyclic) bond motifs is 1. The van der Waals surface area contributed by atoms with Gasteiger partial charge in [0.1, 0.15) is 5.76 Å². The molecule has 0 unspecified atom stereocenters. The Kier molecular flexibility index (Phi) is 3.71. The van der Waals surface area contributed by atoms with Crippen LogP contribution in [0.2, 0.25) is 0 Å². The van der Waals surface area contributed by atoms with Gasteiger partial charge in [0, 0.05) is 18.7 Å². The van der Waals surface area contributed by atoms with Gasteiger partial charge in [-0.25, -0.2) is 18.1 Å². The van der Waals surface area contributed by atoms with E-state index in [1.54, 1.807) is 19.2 Å². The number of nitrogens with one attached hydrogen (secondary N) is 2. The number of benzene rings is 1. The van der Waals surface area contributed by atoms with Crippen LogP contribution in [0.4, 0.5) is 5.69 Å². The van der Waals surface area contributed by atoms with E-state index >= 15 is 0 Å². The quantitative estimate of drug-likeness (QED) is 0.855. The summed E-state index contributed by atoms with van der Waals surface area (Å²) in [6, 6.07) is 4.60. The van der Waals surface area contributed by atoms with E-state index in [9.17, 15) is 13.2 Å². The van der Waals surface area contributed by atoms with E-state index in [1.165, 1.54) is 12.1 Å². The first kappa shape index (κ1) is 14.7. The van der Waals surface area contributed by atoms with Gasteiger partial charge in [-0.1, -0.05) is 0 Å². The maximum atomic E-state index is 12.2. The molecular formula is C14H15N3O4S. The van der Waals surface area contributed by atoms with Gasteiger partial charge in [-0.2, -0.15) is 0 Å². The van der Waals surface area contributed by atoms with Crippen molar-refractivity contribution in [1.82, 2.24) is 9.71 Å². The molecule has 2 heterocycles. The normalized spacial score (nSPS) is 14.0. The van der Waals surface area contributed by atoms with Gasteiger partial charge in [-0.3, -0.25) is 4.79 Å². The summed E-state index contributed by atoms with van der Waals surface area (Å²) in [6.45, 7) is 1.97. The number of rotatable bonds is 5. The molecule has 1 aromatic carbocycles. The maximum absolute atomic E-state index is 12.2. The number of aryl methyl sites for hydroxylation is 1. The molecule has 0 bridgehead atoms. The Hall–Kier alpha value is -2.19. The molecule has 1 amide bonds. The molecule has 0 saturated carbocycles. The molecule has 2 N–H and O–H groups in total. The Bertz CT molecular complexity index is 826. The molecule has 1 aliphatic rings. The molecule has 116 valence electrons. The Labute approximate surface area is 127 Å². The number of oxazole rings is 1. The van der Waals surface area contributed by atoms with Crippen molar-refractivity contribution in [1.29, 1.82) is 0 Å². The summed E-state index contributed by atoms with van der Waals surface area (Å²) in [4.78, 5) is 15.5. The van der Waals surface area contributed by atoms with E-state index in [-0.39, 0.29) is 23.8 Å². The molecule has 0 radical (unpaired) electrons. The van der Waals surface area contributed by atoms with Gasteiger partial charge < -0.3 is 9.73 Å². The fourth-order valence-electron chi connectivity index (χ4n) is 2.27. The molecule has 2 aromatic rings. The first-order chi connectivity index (χ1) is 10.4. The molecule has 8 heteroatoms. The zero-order chi connectivity index (χ0) is 15.7. The zero-order valence-corrected chi connectivity index (χ0v) is 12.7. The molecule has 22 heavy (non-hydrogen) atoms. The fourth-order valence-corrected chi connectivity index (χ4v) is 3.35. The van der Waals surface area contributed by atoms with Crippen LogP contribution < -0.4 is 10.0 Å². The van der Waals surface area contributed by atoms with Gasteiger partial charge in [-0.05, 0) is 30.7 Å². The summed E-state index contributed by atoms with van der Waals surface area (Å²) >= 11 is 0. The highest BCUT2D eigenvalue weighted by atomic mass is 32.2. The molecule has 7 nitrogen and oxygen atoms in total. The van der Waals surface area contributed by atoms with Gasteiger partial charge >= 0.3 is 0 Å². The largest absolute Gasteiger partial charge is 0.446 e. The number of nitrogens with zero attached hydrogens (tertiary/aromatic N) is 1. The van der Waals surface area contributed by atoms with Crippen LogP contribution in [0.3, 0.4) is 0 Å². The number of carbonyl (C=O) groups is 1. The minimum atomic E-state index is -3.62. The van der Waals surface area contributed by atoms with E-state index in [4.69, 9.17) is 4.42 Å². The van der Waals surface area contributed by atoms with Gasteiger partial charge in [0.2, 0.25) is 15.9 Å². The summed E-state index contributed by atoms with van der Waals surface area (Å²) in [5.74, 6) is 1.05. The van der Waals surface area contributed by atoms with E-state index in [2.05, 4.69) is 15.0 Å². The van der Waals surface area contributed by atoms with E-state index in [1.807, 2.05) is 0 Å². The lowest BCUT2D eigenvalue weighted by atomic mass is 10.2. The Balaban J connectivity index is 1.68. The molecule has 1 aromatic heterocycles. The van der Waals surface area contributed by atoms with Crippen molar-refractivity contribution in [3.63, 3.8) is 0 Å². The third-order valence-corrected chi connectivity index (χ3v) is 4.77. The fraction of sp³-hybridized carbons (Fsp3) is 0.286. The average molecular weight is 321 g/mol. The molecule has 0 spiro atoms. The molecule has 0 saturated heterocycles. The molecule has 0 aliphatic carbocycles. The molecular weight excluding hydrogens is 306 g/mol. The minimum Gasteiger partial charge on any atom is -0.446 e. The van der Waals surface area contributed by atoms with Crippen LogP contribution in [0.5, 0.6) is 0 Å². The number of anilines is 1. The highest BCUT2D eigenvalue weighted by Crippen LogP contribution is 2.25. The van der Waals surface area contributed by atoms with Crippen LogP contribution in [-0.2, 0) is 27.7 Å². The molecule has 1 aliphatic heterocycles. The summed E-state index contributed by atoms with van der Waals surface area (Å²) in [5.41, 5.74) is 1.36. The first-order valence-electron chi connectivity index (χ1n) is 6.78. The number of amides is 1. The SMILES string of the molecule is Cc1cnc(CCNS(=O)(=O)c2ccc3c(c2)CC(=O)N3)o1. The number of aromatic nitrogens is 1. The van der Waals surface area contributed by atoms with Crippen LogP contribution in [-0.4, -0.2) is 25.9 Å². The lowest BCUT2D eigenvalue weighted by Gasteiger charge is -2.07. The van der Waals surface area contributed by atoms with E-state index in [0.29, 0.717) is 29.3 Å². The topological polar surface area (TPSA) is 101 Å². The summed E-state index contributed by atoms with van der Waals surface area (Å²) < 4.78 is 32.3. The smallest absolute Gasteiger partial charge is 0.240 e. The number of carbonyl (C=O) groups excluding carboxylic acids is 1. The summed E-state index contributed by atoms with van der Waals surface area (Å²) in [5, 5.41) is 2.67. The highest BCUT2D eigenvalue weighted by molar-refractivity contribution is 7.89. The van der Waals surface area contributed by atoms with Crippen LogP contribution >= 0.6 is 0 Å². The van der Waals surface area contributed by atoms with Crippen LogP contribution in [0.25, 0.3) is 0 Å². The van der Waals surface area contributed by atoms with Gasteiger partial charge in [0.25, 0.3) is 0 Å². The number of hydrogen-bond donors (Lipinski definition) is 2. The van der Waals surface area contributed by atoms with Crippen molar-refractivity contribution >= 4 is 21.6 Å².